The van der Waals surface area contributed by atoms with Crippen LogP contribution in [-0.4, -0.2) is 28.2 Å². The van der Waals surface area contributed by atoms with E-state index in [0.717, 1.165) is 100 Å². The molecule has 4 aromatic heterocycles. The Hall–Kier alpha value is -8.41. The lowest BCUT2D eigenvalue weighted by molar-refractivity contribution is 0.482. The highest BCUT2D eigenvalue weighted by Gasteiger charge is 2.25. The fraction of sp³-hybridized carbons (Fsp3) is 0.105. The zero-order valence-electron chi connectivity index (χ0n) is 37.0. The predicted molar refractivity (Wildman–Crippen MR) is 264 cm³/mol. The topological polar surface area (TPSA) is 78.5 Å². The second-order valence-corrected chi connectivity index (χ2v) is 17.4. The molecule has 0 unspecified atom stereocenters. The molecule has 0 saturated carbocycles. The van der Waals surface area contributed by atoms with Gasteiger partial charge in [0, 0.05) is 33.7 Å². The van der Waals surface area contributed by atoms with E-state index in [-0.39, 0.29) is 0 Å². The van der Waals surface area contributed by atoms with Gasteiger partial charge >= 0.3 is 0 Å². The van der Waals surface area contributed by atoms with E-state index in [9.17, 15) is 5.26 Å². The van der Waals surface area contributed by atoms with Crippen molar-refractivity contribution in [3.8, 4) is 40.8 Å². The summed E-state index contributed by atoms with van der Waals surface area (Å²) in [5.41, 5.74) is 17.4. The number of hydrogen-bond donors (Lipinski definition) is 0. The average Bonchev–Trinajstić information content (AvgIpc) is 4.03. The van der Waals surface area contributed by atoms with Crippen LogP contribution in [0.4, 0.5) is 0 Å². The molecule has 0 aliphatic heterocycles. The minimum absolute atomic E-state index is 0.437. The number of aryl methyl sites for hydroxylation is 6. The van der Waals surface area contributed by atoms with Gasteiger partial charge in [0.15, 0.2) is 0 Å². The molecule has 8 nitrogen and oxygen atoms in total. The lowest BCUT2D eigenvalue weighted by Crippen LogP contribution is -2.08. The van der Waals surface area contributed by atoms with Gasteiger partial charge in [0.05, 0.1) is 61.1 Å². The van der Waals surface area contributed by atoms with Crippen molar-refractivity contribution >= 4 is 65.7 Å². The maximum atomic E-state index is 10.8. The summed E-state index contributed by atoms with van der Waals surface area (Å²) in [5, 5.41) is 14.9. The molecule has 0 spiro atoms. The van der Waals surface area contributed by atoms with E-state index >= 15 is 0 Å². The van der Waals surface area contributed by atoms with Crippen LogP contribution in [0.15, 0.2) is 152 Å². The Morgan fingerprint density at radius 2 is 0.846 bits per heavy atom. The number of rotatable bonds is 6. The third-order valence-electron chi connectivity index (χ3n) is 13.0. The van der Waals surface area contributed by atoms with Crippen LogP contribution in [-0.2, 0) is 0 Å². The van der Waals surface area contributed by atoms with Gasteiger partial charge in [0.25, 0.3) is 0 Å². The van der Waals surface area contributed by atoms with Gasteiger partial charge in [-0.1, -0.05) is 96.1 Å². The van der Waals surface area contributed by atoms with Crippen LogP contribution in [0.3, 0.4) is 0 Å². The summed E-state index contributed by atoms with van der Waals surface area (Å²) >= 11 is 0. The van der Waals surface area contributed by atoms with E-state index in [2.05, 4.69) is 181 Å². The molecule has 0 saturated heterocycles. The van der Waals surface area contributed by atoms with Crippen molar-refractivity contribution in [3.63, 3.8) is 0 Å². The molecule has 0 aliphatic carbocycles. The van der Waals surface area contributed by atoms with Crippen molar-refractivity contribution in [2.75, 3.05) is 0 Å². The third kappa shape index (κ3) is 5.75. The number of nitrogens with zero attached hydrogens (tertiary/aromatic N) is 7. The van der Waals surface area contributed by atoms with Gasteiger partial charge in [-0.15, -0.1) is 0 Å². The Kier molecular flexibility index (Phi) is 8.43. The van der Waals surface area contributed by atoms with E-state index in [1.807, 2.05) is 36.4 Å². The highest BCUT2D eigenvalue weighted by Crippen LogP contribution is 2.42. The molecule has 12 aromatic rings. The average molecular weight is 842 g/mol. The van der Waals surface area contributed by atoms with E-state index in [1.54, 1.807) is 0 Å². The zero-order valence-corrected chi connectivity index (χ0v) is 37.0. The number of para-hydroxylation sites is 6. The largest absolute Gasteiger partial charge is 0.456 e. The lowest BCUT2D eigenvalue weighted by Gasteiger charge is -2.18. The van der Waals surface area contributed by atoms with Crippen LogP contribution in [0, 0.1) is 52.9 Å². The summed E-state index contributed by atoms with van der Waals surface area (Å²) in [6, 6.07) is 55.0. The van der Waals surface area contributed by atoms with Gasteiger partial charge in [-0.2, -0.15) is 5.26 Å². The van der Waals surface area contributed by atoms with Crippen molar-refractivity contribution in [2.45, 2.75) is 41.5 Å². The summed E-state index contributed by atoms with van der Waals surface area (Å²) in [7, 11) is 0. The molecule has 4 heterocycles. The number of imidazole rings is 2. The van der Waals surface area contributed by atoms with E-state index in [0.29, 0.717) is 17.1 Å². The van der Waals surface area contributed by atoms with Crippen LogP contribution >= 0.6 is 0 Å². The van der Waals surface area contributed by atoms with Crippen LogP contribution in [0.25, 0.3) is 88.9 Å². The molecule has 312 valence electrons. The smallest absolute Gasteiger partial charge is 0.220 e. The first-order valence-electron chi connectivity index (χ1n) is 22.0. The molecular weight excluding hydrogens is 799 g/mol. The Bertz CT molecular complexity index is 3970. The van der Waals surface area contributed by atoms with E-state index in [4.69, 9.17) is 14.7 Å². The summed E-state index contributed by atoms with van der Waals surface area (Å²) in [6.07, 6.45) is 0. The predicted octanol–water partition coefficient (Wildman–Crippen LogP) is 14.1. The maximum Gasteiger partial charge on any atom is 0.220 e. The monoisotopic (exact) mass is 841 g/mol. The Balaban J connectivity index is 1.09. The number of aromatic nitrogens is 6. The molecule has 0 aliphatic rings. The number of fused-ring (bicyclic) bond motifs is 8. The molecule has 0 amide bonds. The molecule has 0 radical (unpaired) electrons. The number of nitriles is 1. The summed E-state index contributed by atoms with van der Waals surface area (Å²) in [6.45, 7) is 13.0. The highest BCUT2D eigenvalue weighted by atomic mass is 16.5. The van der Waals surface area contributed by atoms with E-state index in [1.165, 1.54) is 22.3 Å². The summed E-state index contributed by atoms with van der Waals surface area (Å²) in [4.78, 5) is 10.7. The van der Waals surface area contributed by atoms with Crippen LogP contribution in [0.2, 0.25) is 0 Å². The molecule has 8 heteroatoms. The molecule has 65 heavy (non-hydrogen) atoms. The van der Waals surface area contributed by atoms with Gasteiger partial charge in [-0.3, -0.25) is 18.3 Å². The molecular formula is C57H43N7O. The molecule has 0 fully saturated rings. The third-order valence-corrected chi connectivity index (χ3v) is 13.0. The maximum absolute atomic E-state index is 10.8. The fourth-order valence-electron chi connectivity index (χ4n) is 10.6. The second kappa shape index (κ2) is 14.3. The van der Waals surface area contributed by atoms with Crippen molar-refractivity contribution in [1.29, 1.82) is 5.26 Å². The molecule has 0 atom stereocenters. The van der Waals surface area contributed by atoms with Gasteiger partial charge in [0.2, 0.25) is 11.9 Å². The highest BCUT2D eigenvalue weighted by molar-refractivity contribution is 6.11. The molecule has 8 aromatic carbocycles. The van der Waals surface area contributed by atoms with Gasteiger partial charge < -0.3 is 4.74 Å². The number of hydrogen-bond acceptors (Lipinski definition) is 4. The molecule has 12 rings (SSSR count). The number of ether oxygens (including phenoxy) is 1. The van der Waals surface area contributed by atoms with Crippen molar-refractivity contribution < 1.29 is 4.74 Å². The van der Waals surface area contributed by atoms with Crippen molar-refractivity contribution in [3.05, 3.63) is 191 Å². The van der Waals surface area contributed by atoms with Crippen LogP contribution in [0.5, 0.6) is 11.5 Å². The first-order valence-corrected chi connectivity index (χ1v) is 22.0. The summed E-state index contributed by atoms with van der Waals surface area (Å²) < 4.78 is 16.0. The first kappa shape index (κ1) is 38.3. The van der Waals surface area contributed by atoms with Gasteiger partial charge in [-0.25, -0.2) is 9.97 Å². The quantitative estimate of drug-likeness (QED) is 0.167. The SMILES string of the molecule is Cc1cc(C)c(-n2c(-n3c4ccccc4c4ccc(Oc5cc6c(cc5C#N)c5ccccc5n6-c5nc6ccccc6n5-c5c(C)cc(C)cc5C)cc43)nc3ccccc32)c(C)c1. The zero-order chi connectivity index (χ0) is 44.2. The fourth-order valence-corrected chi connectivity index (χ4v) is 10.6. The molecule has 0 bridgehead atoms. The van der Waals surface area contributed by atoms with Crippen molar-refractivity contribution in [2.24, 2.45) is 0 Å². The Morgan fingerprint density at radius 1 is 0.415 bits per heavy atom. The van der Waals surface area contributed by atoms with Crippen LogP contribution < -0.4 is 4.74 Å². The van der Waals surface area contributed by atoms with Crippen molar-refractivity contribution in [1.82, 2.24) is 28.2 Å². The lowest BCUT2D eigenvalue weighted by atomic mass is 10.0. The summed E-state index contributed by atoms with van der Waals surface area (Å²) in [5.74, 6) is 2.60. The van der Waals surface area contributed by atoms with Gasteiger partial charge in [-0.05, 0) is 118 Å². The standard InChI is InChI=1S/C57H43N7O/c1-33-25-35(3)54(36(4)26-33)63-49-21-13-9-17-45(49)59-56(63)61-47-19-11-7-15-41(47)43-24-23-40(30-51(43)61)65-53-31-52-44(29-39(53)32-58)42-16-8-12-20-48(42)62(52)57-60-46-18-10-14-22-50(46)64(57)55-37(5)27-34(2)28-38(55)6/h7-31H,1-6H3. The first-order chi connectivity index (χ1) is 31.7. The van der Waals surface area contributed by atoms with Crippen LogP contribution in [0.1, 0.15) is 38.9 Å². The normalized spacial score (nSPS) is 11.8. The minimum atomic E-state index is 0.437. The Morgan fingerprint density at radius 3 is 1.35 bits per heavy atom. The van der Waals surface area contributed by atoms with Gasteiger partial charge in [0.1, 0.15) is 17.6 Å². The second-order valence-electron chi connectivity index (χ2n) is 17.4. The Labute approximate surface area is 375 Å². The number of benzene rings is 8. The molecule has 0 N–H and O–H groups in total. The minimum Gasteiger partial charge on any atom is -0.456 e. The van der Waals surface area contributed by atoms with E-state index < -0.39 is 0 Å².